The zero-order valence-corrected chi connectivity index (χ0v) is 11.6. The Bertz CT molecular complexity index is 513. The second-order valence-electron chi connectivity index (χ2n) is 3.54. The smallest absolute Gasteiger partial charge is 0.162 e. The van der Waals surface area contributed by atoms with Crippen LogP contribution in [0.1, 0.15) is 16.5 Å². The van der Waals surface area contributed by atoms with Gasteiger partial charge in [0.25, 0.3) is 0 Å². The SMILES string of the molecule is COc1cc(Br)cc([C@@H](N)c2cccs2)c1O. The monoisotopic (exact) mass is 313 g/mol. The van der Waals surface area contributed by atoms with Crippen LogP contribution < -0.4 is 10.5 Å². The molecule has 2 aromatic rings. The maximum atomic E-state index is 10.1. The van der Waals surface area contributed by atoms with Gasteiger partial charge < -0.3 is 15.6 Å². The van der Waals surface area contributed by atoms with Crippen molar-refractivity contribution in [1.29, 1.82) is 0 Å². The topological polar surface area (TPSA) is 55.5 Å². The van der Waals surface area contributed by atoms with Crippen molar-refractivity contribution in [3.8, 4) is 11.5 Å². The van der Waals surface area contributed by atoms with Gasteiger partial charge in [0.15, 0.2) is 11.5 Å². The molecule has 5 heteroatoms. The fourth-order valence-corrected chi connectivity index (χ4v) is 2.81. The summed E-state index contributed by atoms with van der Waals surface area (Å²) in [5, 5.41) is 12.0. The van der Waals surface area contributed by atoms with Gasteiger partial charge in [0.1, 0.15) is 0 Å². The Labute approximate surface area is 112 Å². The molecular weight excluding hydrogens is 302 g/mol. The molecular formula is C12H12BrNO2S. The number of phenols is 1. The molecule has 0 spiro atoms. The minimum Gasteiger partial charge on any atom is -0.504 e. The van der Waals surface area contributed by atoms with E-state index in [4.69, 9.17) is 10.5 Å². The predicted octanol–water partition coefficient (Wildman–Crippen LogP) is 3.27. The molecule has 3 N–H and O–H groups in total. The Kier molecular flexibility index (Phi) is 3.71. The molecule has 0 unspecified atom stereocenters. The van der Waals surface area contributed by atoms with Crippen molar-refractivity contribution < 1.29 is 9.84 Å². The van der Waals surface area contributed by atoms with Crippen molar-refractivity contribution in [3.63, 3.8) is 0 Å². The van der Waals surface area contributed by atoms with Crippen molar-refractivity contribution in [1.82, 2.24) is 0 Å². The van der Waals surface area contributed by atoms with Gasteiger partial charge in [0.2, 0.25) is 0 Å². The summed E-state index contributed by atoms with van der Waals surface area (Å²) in [5.74, 6) is 0.512. The predicted molar refractivity (Wildman–Crippen MR) is 72.7 cm³/mol. The fraction of sp³-hybridized carbons (Fsp3) is 0.167. The van der Waals surface area contributed by atoms with Crippen molar-refractivity contribution in [3.05, 3.63) is 44.6 Å². The summed E-state index contributed by atoms with van der Waals surface area (Å²) in [4.78, 5) is 1.00. The molecule has 0 aliphatic carbocycles. The summed E-state index contributed by atoms with van der Waals surface area (Å²) in [7, 11) is 1.52. The first-order valence-electron chi connectivity index (χ1n) is 4.99. The number of ether oxygens (including phenoxy) is 1. The number of aromatic hydroxyl groups is 1. The van der Waals surface area contributed by atoms with E-state index in [1.165, 1.54) is 7.11 Å². The van der Waals surface area contributed by atoms with Gasteiger partial charge in [-0.1, -0.05) is 22.0 Å². The average molecular weight is 314 g/mol. The van der Waals surface area contributed by atoms with E-state index in [0.717, 1.165) is 9.35 Å². The number of benzene rings is 1. The average Bonchev–Trinajstić information content (AvgIpc) is 2.84. The molecule has 0 saturated heterocycles. The second-order valence-corrected chi connectivity index (χ2v) is 5.43. The van der Waals surface area contributed by atoms with Crippen LogP contribution >= 0.6 is 27.3 Å². The number of rotatable bonds is 3. The Morgan fingerprint density at radius 2 is 2.24 bits per heavy atom. The summed E-state index contributed by atoms with van der Waals surface area (Å²) in [6.07, 6.45) is 0. The largest absolute Gasteiger partial charge is 0.504 e. The lowest BCUT2D eigenvalue weighted by Crippen LogP contribution is -2.10. The number of phenolic OH excluding ortho intramolecular Hbond substituents is 1. The highest BCUT2D eigenvalue weighted by atomic mass is 79.9. The van der Waals surface area contributed by atoms with Gasteiger partial charge in [-0.25, -0.2) is 0 Å². The van der Waals surface area contributed by atoms with Crippen LogP contribution in [0, 0.1) is 0 Å². The van der Waals surface area contributed by atoms with Gasteiger partial charge >= 0.3 is 0 Å². The Hall–Kier alpha value is -1.04. The molecule has 0 fully saturated rings. The van der Waals surface area contributed by atoms with Crippen molar-refractivity contribution in [2.24, 2.45) is 5.73 Å². The summed E-state index contributed by atoms with van der Waals surface area (Å²) >= 11 is 4.94. The number of hydrogen-bond acceptors (Lipinski definition) is 4. The van der Waals surface area contributed by atoms with E-state index in [9.17, 15) is 5.11 Å². The molecule has 90 valence electrons. The number of hydrogen-bond donors (Lipinski definition) is 2. The van der Waals surface area contributed by atoms with E-state index in [1.807, 2.05) is 23.6 Å². The van der Waals surface area contributed by atoms with E-state index in [2.05, 4.69) is 15.9 Å². The highest BCUT2D eigenvalue weighted by Crippen LogP contribution is 2.38. The van der Waals surface area contributed by atoms with Crippen LogP contribution in [0.2, 0.25) is 0 Å². The zero-order valence-electron chi connectivity index (χ0n) is 9.18. The Morgan fingerprint density at radius 3 is 2.82 bits per heavy atom. The van der Waals surface area contributed by atoms with E-state index >= 15 is 0 Å². The summed E-state index contributed by atoms with van der Waals surface area (Å²) in [6, 6.07) is 7.05. The molecule has 3 nitrogen and oxygen atoms in total. The third kappa shape index (κ3) is 2.46. The minimum absolute atomic E-state index is 0.0941. The molecule has 0 amide bonds. The number of halogens is 1. The molecule has 1 atom stereocenters. The number of methoxy groups -OCH3 is 1. The van der Waals surface area contributed by atoms with Gasteiger partial charge in [-0.15, -0.1) is 11.3 Å². The summed E-state index contributed by atoms with van der Waals surface area (Å²) < 4.78 is 5.93. The lowest BCUT2D eigenvalue weighted by Gasteiger charge is -2.15. The highest BCUT2D eigenvalue weighted by molar-refractivity contribution is 9.10. The molecule has 0 aliphatic heterocycles. The van der Waals surface area contributed by atoms with Gasteiger partial charge in [-0.05, 0) is 23.6 Å². The molecule has 1 aromatic heterocycles. The van der Waals surface area contributed by atoms with E-state index in [0.29, 0.717) is 11.3 Å². The standard InChI is InChI=1S/C12H12BrNO2S/c1-16-9-6-7(13)5-8(12(9)15)11(14)10-3-2-4-17-10/h2-6,11,15H,14H2,1H3/t11-/m1/s1. The first-order valence-corrected chi connectivity index (χ1v) is 6.66. The van der Waals surface area contributed by atoms with E-state index in [1.54, 1.807) is 17.4 Å². The van der Waals surface area contributed by atoms with Gasteiger partial charge in [0.05, 0.1) is 13.2 Å². The van der Waals surface area contributed by atoms with Crippen LogP contribution in [0.5, 0.6) is 11.5 Å². The number of nitrogens with two attached hydrogens (primary N) is 1. The Balaban J connectivity index is 2.48. The lowest BCUT2D eigenvalue weighted by atomic mass is 10.0. The van der Waals surface area contributed by atoms with Crippen LogP contribution in [0.15, 0.2) is 34.1 Å². The van der Waals surface area contributed by atoms with Gasteiger partial charge in [0, 0.05) is 14.9 Å². The molecule has 1 heterocycles. The van der Waals surface area contributed by atoms with Crippen molar-refractivity contribution in [2.45, 2.75) is 6.04 Å². The molecule has 0 aliphatic rings. The van der Waals surface area contributed by atoms with E-state index in [-0.39, 0.29) is 11.8 Å². The lowest BCUT2D eigenvalue weighted by molar-refractivity contribution is 0.369. The van der Waals surface area contributed by atoms with Gasteiger partial charge in [-0.2, -0.15) is 0 Å². The van der Waals surface area contributed by atoms with Crippen molar-refractivity contribution >= 4 is 27.3 Å². The summed E-state index contributed by atoms with van der Waals surface area (Å²) in [6.45, 7) is 0. The fourth-order valence-electron chi connectivity index (χ4n) is 1.61. The zero-order chi connectivity index (χ0) is 12.4. The quantitative estimate of drug-likeness (QED) is 0.914. The van der Waals surface area contributed by atoms with Crippen LogP contribution in [0.3, 0.4) is 0 Å². The van der Waals surface area contributed by atoms with Crippen molar-refractivity contribution in [2.75, 3.05) is 7.11 Å². The maximum absolute atomic E-state index is 10.1. The van der Waals surface area contributed by atoms with Crippen LogP contribution in [0.25, 0.3) is 0 Å². The molecule has 17 heavy (non-hydrogen) atoms. The third-order valence-corrected chi connectivity index (χ3v) is 3.89. The second kappa shape index (κ2) is 5.08. The first-order chi connectivity index (χ1) is 8.13. The van der Waals surface area contributed by atoms with E-state index < -0.39 is 0 Å². The van der Waals surface area contributed by atoms with Gasteiger partial charge in [-0.3, -0.25) is 0 Å². The minimum atomic E-state index is -0.346. The molecule has 0 saturated carbocycles. The highest BCUT2D eigenvalue weighted by Gasteiger charge is 2.18. The molecule has 0 bridgehead atoms. The summed E-state index contributed by atoms with van der Waals surface area (Å²) in [5.41, 5.74) is 6.78. The number of thiophene rings is 1. The maximum Gasteiger partial charge on any atom is 0.162 e. The Morgan fingerprint density at radius 1 is 1.47 bits per heavy atom. The molecule has 2 rings (SSSR count). The molecule has 0 radical (unpaired) electrons. The van der Waals surface area contributed by atoms with Crippen LogP contribution in [0.4, 0.5) is 0 Å². The van der Waals surface area contributed by atoms with Crippen LogP contribution in [-0.2, 0) is 0 Å². The normalized spacial score (nSPS) is 12.4. The third-order valence-electron chi connectivity index (χ3n) is 2.47. The van der Waals surface area contributed by atoms with Crippen LogP contribution in [-0.4, -0.2) is 12.2 Å². The molecule has 1 aromatic carbocycles. The first kappa shape index (κ1) is 12.4.